The summed E-state index contributed by atoms with van der Waals surface area (Å²) < 4.78 is 71.5. The fourth-order valence-corrected chi connectivity index (χ4v) is 22.1. The van der Waals surface area contributed by atoms with Gasteiger partial charge < -0.3 is 77.6 Å². The molecule has 0 aromatic rings. The largest absolute Gasteiger partial charge is 0.460 e. The third-order valence-electron chi connectivity index (χ3n) is 31.0. The molecule has 8 rings (SSSR count). The van der Waals surface area contributed by atoms with E-state index in [-0.39, 0.29) is 110 Å². The van der Waals surface area contributed by atoms with Gasteiger partial charge in [0.15, 0.2) is 11.6 Å². The minimum absolute atomic E-state index is 0.0178. The van der Waals surface area contributed by atoms with Gasteiger partial charge in [-0.25, -0.2) is 9.59 Å². The maximum atomic E-state index is 14.5. The number of hydrogen-bond donors (Lipinski definition) is 4. The molecule has 2 amide bonds. The van der Waals surface area contributed by atoms with Gasteiger partial charge in [-0.1, -0.05) is 180 Å². The van der Waals surface area contributed by atoms with Crippen molar-refractivity contribution in [1.29, 1.82) is 0 Å². The molecule has 3 unspecified atom stereocenters. The average Bonchev–Trinajstić information content (AvgIpc) is 0.774. The second kappa shape index (κ2) is 59.8. The van der Waals surface area contributed by atoms with E-state index in [2.05, 4.69) is 20.8 Å². The van der Waals surface area contributed by atoms with Crippen LogP contribution in [-0.4, -0.2) is 254 Å². The van der Waals surface area contributed by atoms with Crippen LogP contribution in [0.5, 0.6) is 0 Å². The molecule has 0 aromatic carbocycles. The van der Waals surface area contributed by atoms with Crippen LogP contribution in [0, 0.1) is 82.9 Å². The van der Waals surface area contributed by atoms with Crippen molar-refractivity contribution >= 4 is 66.3 Å². The van der Waals surface area contributed by atoms with Crippen LogP contribution < -0.4 is 0 Å². The second-order valence-electron chi connectivity index (χ2n) is 42.3. The summed E-state index contributed by atoms with van der Waals surface area (Å²) in [5.74, 6) is -14.5. The summed E-state index contributed by atoms with van der Waals surface area (Å²) in [6.45, 7) is 34.1. The van der Waals surface area contributed by atoms with Crippen molar-refractivity contribution in [3.05, 3.63) is 95.2 Å². The number of hydrogen-bond acceptors (Lipinski definition) is 25. The molecule has 2 saturated carbocycles. The molecule has 27 nitrogen and oxygen atoms in total. The van der Waals surface area contributed by atoms with Gasteiger partial charge in [-0.3, -0.25) is 38.4 Å². The van der Waals surface area contributed by atoms with Gasteiger partial charge in [0.1, 0.15) is 73.1 Å². The summed E-state index contributed by atoms with van der Waals surface area (Å²) in [6, 6.07) is -2.24. The number of cyclic esters (lactones) is 2. The maximum absolute atomic E-state index is 14.5. The number of unbranched alkanes of at least 4 members (excludes halogenated alkanes) is 1. The normalized spacial score (nSPS) is 37.3. The van der Waals surface area contributed by atoms with E-state index in [1.54, 1.807) is 88.8 Å². The van der Waals surface area contributed by atoms with Crippen LogP contribution in [0.4, 0.5) is 0 Å². The first-order valence-electron chi connectivity index (χ1n) is 52.2. The lowest BCUT2D eigenvalue weighted by Crippen LogP contribution is -2.61. The van der Waals surface area contributed by atoms with E-state index in [0.717, 1.165) is 62.5 Å². The van der Waals surface area contributed by atoms with E-state index in [1.807, 2.05) is 116 Å². The maximum Gasteiger partial charge on any atom is 0.335 e. The molecule has 0 spiro atoms. The van der Waals surface area contributed by atoms with Crippen LogP contribution in [0.3, 0.4) is 0 Å². The molecular formula is C111H178N2O25P+. The Hall–Kier alpha value is -6.56. The van der Waals surface area contributed by atoms with E-state index in [1.165, 1.54) is 36.9 Å². The van der Waals surface area contributed by atoms with Crippen molar-refractivity contribution < 1.29 is 120 Å². The number of nitrogens with zero attached hydrogens (tertiary/aromatic N) is 2. The second-order valence-corrected chi connectivity index (χ2v) is 44.0. The summed E-state index contributed by atoms with van der Waals surface area (Å²) in [5, 5.41) is 46.9. The molecule has 0 aromatic heterocycles. The summed E-state index contributed by atoms with van der Waals surface area (Å²) in [7, 11) is 8.19. The van der Waals surface area contributed by atoms with Gasteiger partial charge in [-0.15, -0.1) is 0 Å². The first-order valence-corrected chi connectivity index (χ1v) is 54.1. The molecule has 31 atom stereocenters. The van der Waals surface area contributed by atoms with E-state index in [9.17, 15) is 72.9 Å². The summed E-state index contributed by atoms with van der Waals surface area (Å²) >= 11 is 0. The SMILES string of the molecule is CCCC.CO[C@H]1C[C@@H]2CC[C@@H](C)[C@@](O)(O2)C(=O)C(=O)N2CCCC[C@H]2C(=O)O[C@H]([C@H](C)C[C@@H]2CCC(C)[C@H](OC)C2)CC(=O)[C@H](C)/C=C(\C)[C@@H](O)[C@@H](OC)C(=O)[C@H](C)C[C@H](C)/C=C/C=CC=C1C.CO[C@H]1C[C@@H]2CC[C@@H](C)[C@@](O)(O2)C(=O)C(=O)N2CCCC[C@H]2C(=O)O[C@H]([C@H](C)C[C@@H]2CCC(CCC[P+](C)=O)[C@H](OC)C2)CC(=O)[C@H](C)/C=C(\C)[C@@H](O)[C@@H](OC)C(=O)[C@H](C)C[C@H](C)/C=C/C=CC=C1C. The molecule has 4 bridgehead atoms. The quantitative estimate of drug-likeness (QED) is 0.0455. The highest BCUT2D eigenvalue weighted by atomic mass is 31.1. The zero-order chi connectivity index (χ0) is 103. The lowest BCUT2D eigenvalue weighted by Gasteiger charge is -2.42. The number of esters is 2. The van der Waals surface area contributed by atoms with Gasteiger partial charge in [0.05, 0.1) is 36.6 Å². The minimum atomic E-state index is -2.43. The van der Waals surface area contributed by atoms with Crippen molar-refractivity contribution in [3.63, 3.8) is 0 Å². The van der Waals surface area contributed by atoms with Gasteiger partial charge in [0.25, 0.3) is 23.4 Å². The number of Topliss-reactive ketones (excluding diaryl/α,β-unsaturated/α-hetero) is 6. The number of aliphatic hydroxyl groups excluding tert-OH is 2. The first kappa shape index (κ1) is 121. The van der Waals surface area contributed by atoms with E-state index in [4.69, 9.17) is 47.4 Å². The van der Waals surface area contributed by atoms with Crippen LogP contribution in [0.1, 0.15) is 297 Å². The van der Waals surface area contributed by atoms with E-state index < -0.39 is 163 Å². The lowest BCUT2D eigenvalue weighted by atomic mass is 9.74. The molecule has 0 radical (unpaired) electrons. The van der Waals surface area contributed by atoms with Crippen molar-refractivity contribution in [1.82, 2.24) is 9.80 Å². The molecule has 6 aliphatic heterocycles. The number of ether oxygens (including phenoxy) is 10. The number of carbonyl (C=O) groups is 10. The number of amides is 2. The number of aliphatic hydroxyl groups is 4. The number of ketones is 6. The summed E-state index contributed by atoms with van der Waals surface area (Å²) in [5.41, 5.74) is 2.58. The molecule has 28 heteroatoms. The van der Waals surface area contributed by atoms with Crippen LogP contribution in [0.25, 0.3) is 0 Å². The van der Waals surface area contributed by atoms with Crippen molar-refractivity contribution in [2.75, 3.05) is 68.6 Å². The number of methoxy groups -OCH3 is 6. The summed E-state index contributed by atoms with van der Waals surface area (Å²) in [4.78, 5) is 144. The van der Waals surface area contributed by atoms with Crippen LogP contribution >= 0.6 is 7.80 Å². The fraction of sp³-hybridized carbons (Fsp3) is 0.766. The Morgan fingerprint density at radius 3 is 1.24 bits per heavy atom. The number of rotatable bonds is 17. The minimum Gasteiger partial charge on any atom is -0.460 e. The molecule has 8 aliphatic rings. The highest BCUT2D eigenvalue weighted by molar-refractivity contribution is 7.43. The lowest BCUT2D eigenvalue weighted by molar-refractivity contribution is -0.265. The standard InChI is InChI=1S/C55H87NO13P.C52H81NO12.C4H10/c1-34-18-13-12-14-19-35(2)46(65-8)32-43-25-22-40(7)55(63,69-43)52(60)53(61)56-26-16-15-21-44(56)54(62)68-47(37(4)30-41-23-24-42(48(31-41)66-9)20-17-27-70(11)64)33-45(57)36(3)29-39(6)50(59)51(67-10)49(58)38(5)28-34;1-31-17-13-12-14-18-32(2)44(62-10)29-40-23-21-38(8)52(60,65-40)49(57)50(58)53-24-16-15-19-41(53)51(59)64-45(35(5)27-39-22-20-33(3)43(28-39)61-9)30-42(54)34(4)26-37(7)47(56)48(63-11)46(55)36(6)25-31;1-3-4-2/h12-14,18-19,29,34,36-38,40-44,46-48,50-51,59,63H,15-17,20-28,30-33H2,1-11H3;12-14,17-18,26,31,33-36,38-41,43-45,47-48,56,60H,15-16,19-25,27-30H2,1-11H3;3-4H2,1-2H3/q+1;;/b14-12?,18-13+,35-19?,39-29+;14-12?,17-13+,32-18?,37-26+;/t34-,36-,37-,38-,40-,41+,42?,43+,44+,46+,47+,48-,50-,51+,55-;31-,33?,34-,35-,36-,38-,39+,40+,41+,43-,44+,45+,47-,48+,52-;/m11./s1. The monoisotopic (exact) mass is 1970 g/mol. The van der Waals surface area contributed by atoms with E-state index in [0.29, 0.717) is 119 Å². The highest BCUT2D eigenvalue weighted by Gasteiger charge is 2.56. The first-order chi connectivity index (χ1) is 65.8. The summed E-state index contributed by atoms with van der Waals surface area (Å²) in [6.07, 6.45) is 31.9. The Bertz CT molecular complexity index is 4220. The number of fused-ring (bicyclic) bond motifs is 6. The van der Waals surface area contributed by atoms with Gasteiger partial charge in [0, 0.05) is 117 Å². The Morgan fingerprint density at radius 1 is 0.468 bits per heavy atom. The zero-order valence-corrected chi connectivity index (χ0v) is 89.6. The molecular weight excluding hydrogens is 1790 g/mol. The Morgan fingerprint density at radius 2 is 0.863 bits per heavy atom. The average molecular weight is 1970 g/mol. The molecule has 139 heavy (non-hydrogen) atoms. The number of piperidine rings is 2. The van der Waals surface area contributed by atoms with E-state index >= 15 is 0 Å². The van der Waals surface area contributed by atoms with Crippen molar-refractivity contribution in [2.24, 2.45) is 82.9 Å². The third-order valence-corrected chi connectivity index (χ3v) is 32.0. The zero-order valence-electron chi connectivity index (χ0n) is 88.7. The van der Waals surface area contributed by atoms with Crippen LogP contribution in [0.15, 0.2) is 95.2 Å². The van der Waals surface area contributed by atoms with Crippen LogP contribution in [-0.2, 0) is 99.9 Å². The molecule has 4 N–H and O–H groups in total. The fourth-order valence-electron chi connectivity index (χ4n) is 21.5. The molecule has 786 valence electrons. The molecule has 4 saturated heterocycles. The van der Waals surface area contributed by atoms with Gasteiger partial charge in [-0.05, 0) is 239 Å². The predicted molar refractivity (Wildman–Crippen MR) is 539 cm³/mol. The smallest absolute Gasteiger partial charge is 0.335 e. The molecule has 6 fully saturated rings. The molecule has 2 aliphatic carbocycles. The third kappa shape index (κ3) is 35.7. The van der Waals surface area contributed by atoms with Crippen LogP contribution in [0.2, 0.25) is 0 Å². The van der Waals surface area contributed by atoms with Crippen molar-refractivity contribution in [3.8, 4) is 0 Å². The Kier molecular flexibility index (Phi) is 52.1. The predicted octanol–water partition coefficient (Wildman–Crippen LogP) is 17.9. The van der Waals surface area contributed by atoms with Gasteiger partial charge >= 0.3 is 19.7 Å². The van der Waals surface area contributed by atoms with Gasteiger partial charge in [0.2, 0.25) is 11.6 Å². The van der Waals surface area contributed by atoms with Crippen molar-refractivity contribution in [2.45, 2.75) is 394 Å². The van der Waals surface area contributed by atoms with Gasteiger partial charge in [-0.2, -0.15) is 0 Å². The topological polar surface area (TPSA) is 367 Å². The Labute approximate surface area is 832 Å². The number of carbonyl (C=O) groups excluding carboxylic acids is 10. The number of allylic oxidation sites excluding steroid dienone is 12. The molecule has 6 heterocycles. The Balaban J connectivity index is 0.000000411. The highest BCUT2D eigenvalue weighted by Crippen LogP contribution is 2.44.